The Kier molecular flexibility index (Phi) is 8.50. The Bertz CT molecular complexity index is 1030. The first kappa shape index (κ1) is 23.8. The number of esters is 1. The average Bonchev–Trinajstić information content (AvgIpc) is 2.73. The molecule has 0 aliphatic heterocycles. The van der Waals surface area contributed by atoms with E-state index in [0.29, 0.717) is 28.0 Å². The van der Waals surface area contributed by atoms with Crippen LogP contribution in [0.4, 0.5) is 4.79 Å². The molecule has 0 radical (unpaired) electrons. The number of ether oxygens (including phenoxy) is 1. The molecule has 162 valence electrons. The van der Waals surface area contributed by atoms with Crippen LogP contribution in [0.3, 0.4) is 0 Å². The molecule has 0 atom stereocenters. The SMILES string of the molecule is C=CCN([I-]C(=O)O)C(=O)/C(C)=C/c1ccc(C(=O)Oc2ccc(C(=N)N)cc2)cc1. The zero-order valence-electron chi connectivity index (χ0n) is 16.7. The second-order valence-corrected chi connectivity index (χ2v) is 8.82. The zero-order chi connectivity index (χ0) is 23.0. The Morgan fingerprint density at radius 1 is 1.13 bits per heavy atom. The van der Waals surface area contributed by atoms with Crippen molar-refractivity contribution in [1.29, 1.82) is 5.41 Å². The van der Waals surface area contributed by atoms with Crippen LogP contribution in [0.25, 0.3) is 6.08 Å². The summed E-state index contributed by atoms with van der Waals surface area (Å²) in [5.41, 5.74) is 7.30. The molecule has 0 bridgehead atoms. The number of benzene rings is 2. The number of hydrogen-bond donors (Lipinski definition) is 3. The monoisotopic (exact) mass is 534 g/mol. The molecule has 31 heavy (non-hydrogen) atoms. The molecule has 0 aromatic heterocycles. The van der Waals surface area contributed by atoms with Gasteiger partial charge in [0.05, 0.1) is 0 Å². The van der Waals surface area contributed by atoms with Crippen LogP contribution in [-0.4, -0.2) is 36.5 Å². The molecule has 4 N–H and O–H groups in total. The number of nitrogen functional groups attached to an aromatic ring is 1. The maximum atomic E-state index is 12.5. The first-order valence-electron chi connectivity index (χ1n) is 8.97. The third-order valence-electron chi connectivity index (χ3n) is 3.93. The quantitative estimate of drug-likeness (QED) is 0.0488. The second-order valence-electron chi connectivity index (χ2n) is 6.25. The van der Waals surface area contributed by atoms with Crippen molar-refractivity contribution in [3.8, 4) is 5.75 Å². The van der Waals surface area contributed by atoms with Crippen molar-refractivity contribution in [1.82, 2.24) is 3.11 Å². The first-order valence-corrected chi connectivity index (χ1v) is 11.0. The predicted octanol–water partition coefficient (Wildman–Crippen LogP) is 0.290. The van der Waals surface area contributed by atoms with Crippen LogP contribution in [0.5, 0.6) is 5.75 Å². The minimum atomic E-state index is -1.49. The molecule has 0 spiro atoms. The summed E-state index contributed by atoms with van der Waals surface area (Å²) in [7, 11) is 0. The van der Waals surface area contributed by atoms with Crippen molar-refractivity contribution in [2.75, 3.05) is 6.54 Å². The van der Waals surface area contributed by atoms with Gasteiger partial charge in [-0.3, -0.25) is 5.41 Å². The molecule has 0 unspecified atom stereocenters. The molecular formula is C22H21IN3O5-. The van der Waals surface area contributed by atoms with E-state index in [1.807, 2.05) is 0 Å². The van der Waals surface area contributed by atoms with Crippen LogP contribution in [-0.2, 0) is 4.79 Å². The van der Waals surface area contributed by atoms with Crippen molar-refractivity contribution in [2.45, 2.75) is 6.92 Å². The second kappa shape index (κ2) is 11.1. The molecule has 2 aromatic rings. The number of carbonyl (C=O) groups excluding carboxylic acids is 2. The summed E-state index contributed by atoms with van der Waals surface area (Å²) in [6.45, 7) is 5.33. The van der Waals surface area contributed by atoms with Gasteiger partial charge >= 0.3 is 156 Å². The van der Waals surface area contributed by atoms with Crippen LogP contribution in [0.15, 0.2) is 66.8 Å². The van der Waals surface area contributed by atoms with Gasteiger partial charge in [0.25, 0.3) is 0 Å². The van der Waals surface area contributed by atoms with Gasteiger partial charge in [-0.2, -0.15) is 0 Å². The standard InChI is InChI=1S/C22H21IN3O5/c1-3-12-26(23-22(29)30)20(27)14(2)13-15-4-6-17(7-5-15)21(28)31-18-10-8-16(9-11-18)19(24)25/h3-11,13H,1,12H2,2H3,(H3,24,25)(H,29,30)/q-1/b14-13+. The Morgan fingerprint density at radius 2 is 1.71 bits per heavy atom. The third-order valence-corrected chi connectivity index (χ3v) is 5.75. The molecule has 0 saturated heterocycles. The fourth-order valence-corrected chi connectivity index (χ4v) is 4.02. The Labute approximate surface area is 190 Å². The van der Waals surface area contributed by atoms with Gasteiger partial charge in [0, 0.05) is 5.56 Å². The van der Waals surface area contributed by atoms with Crippen molar-refractivity contribution in [3.05, 3.63) is 83.4 Å². The zero-order valence-corrected chi connectivity index (χ0v) is 18.8. The summed E-state index contributed by atoms with van der Waals surface area (Å²) < 4.78 is 5.58. The molecule has 0 aliphatic rings. The number of rotatable bonds is 9. The van der Waals surface area contributed by atoms with Crippen LogP contribution in [0.1, 0.15) is 28.4 Å². The molecule has 9 heteroatoms. The summed E-state index contributed by atoms with van der Waals surface area (Å²) in [6, 6.07) is 12.7. The number of amidine groups is 1. The van der Waals surface area contributed by atoms with Gasteiger partial charge < -0.3 is 5.73 Å². The fourth-order valence-electron chi connectivity index (χ4n) is 2.44. The van der Waals surface area contributed by atoms with E-state index in [-0.39, 0.29) is 18.3 Å². The molecule has 8 nitrogen and oxygen atoms in total. The summed E-state index contributed by atoms with van der Waals surface area (Å²) >= 11 is -1.49. The third kappa shape index (κ3) is 7.07. The van der Waals surface area contributed by atoms with Crippen LogP contribution in [0, 0.1) is 5.41 Å². The topological polar surface area (TPSA) is 134 Å². The summed E-state index contributed by atoms with van der Waals surface area (Å²) in [4.78, 5) is 35.8. The Hall–Kier alpha value is -3.47. The van der Waals surface area contributed by atoms with Gasteiger partial charge in [-0.25, -0.2) is 0 Å². The van der Waals surface area contributed by atoms with Crippen molar-refractivity contribution < 1.29 is 45.7 Å². The Morgan fingerprint density at radius 3 is 2.23 bits per heavy atom. The predicted molar refractivity (Wildman–Crippen MR) is 112 cm³/mol. The maximum absolute atomic E-state index is 12.5. The normalized spacial score (nSPS) is 10.9. The number of nitrogens with two attached hydrogens (primary N) is 1. The van der Waals surface area contributed by atoms with E-state index in [0.717, 1.165) is 0 Å². The molecule has 1 amide bonds. The first-order chi connectivity index (χ1) is 14.7. The number of amides is 1. The van der Waals surface area contributed by atoms with Gasteiger partial charge in [-0.1, -0.05) is 0 Å². The van der Waals surface area contributed by atoms with Crippen LogP contribution in [0.2, 0.25) is 0 Å². The van der Waals surface area contributed by atoms with Crippen molar-refractivity contribution in [2.24, 2.45) is 5.73 Å². The molecule has 0 fully saturated rings. The van der Waals surface area contributed by atoms with E-state index in [1.165, 1.54) is 9.19 Å². The number of nitrogens with zero attached hydrogens (tertiary/aromatic N) is 1. The van der Waals surface area contributed by atoms with E-state index in [2.05, 4.69) is 6.58 Å². The molecule has 2 rings (SSSR count). The number of carbonyl (C=O) groups is 3. The van der Waals surface area contributed by atoms with E-state index < -0.39 is 31.4 Å². The average molecular weight is 534 g/mol. The van der Waals surface area contributed by atoms with Crippen LogP contribution < -0.4 is 31.9 Å². The van der Waals surface area contributed by atoms with E-state index in [1.54, 1.807) is 61.5 Å². The van der Waals surface area contributed by atoms with Crippen LogP contribution >= 0.6 is 0 Å². The van der Waals surface area contributed by atoms with Gasteiger partial charge in [0.1, 0.15) is 5.84 Å². The number of halogens is 1. The van der Waals surface area contributed by atoms with Gasteiger partial charge in [-0.15, -0.1) is 0 Å². The van der Waals surface area contributed by atoms with Gasteiger partial charge in [-0.05, 0) is 12.1 Å². The molecule has 0 saturated carbocycles. The van der Waals surface area contributed by atoms with Gasteiger partial charge in [0.2, 0.25) is 0 Å². The van der Waals surface area contributed by atoms with E-state index in [4.69, 9.17) is 21.0 Å². The fraction of sp³-hybridized carbons (Fsp3) is 0.0909. The van der Waals surface area contributed by atoms with E-state index >= 15 is 0 Å². The molecule has 2 aromatic carbocycles. The Balaban J connectivity index is 2.08. The summed E-state index contributed by atoms with van der Waals surface area (Å²) in [6.07, 6.45) is 3.11. The number of nitrogens with one attached hydrogen (secondary N) is 1. The van der Waals surface area contributed by atoms with E-state index in [9.17, 15) is 14.4 Å². The van der Waals surface area contributed by atoms with Gasteiger partial charge in [0.15, 0.2) is 0 Å². The summed E-state index contributed by atoms with van der Waals surface area (Å²) in [5, 5.41) is 16.4. The van der Waals surface area contributed by atoms with Crippen molar-refractivity contribution in [3.63, 3.8) is 0 Å². The molecule has 0 heterocycles. The van der Waals surface area contributed by atoms with Crippen molar-refractivity contribution >= 4 is 27.8 Å². The number of carboxylic acid groups (broad SMARTS) is 1. The molecule has 0 aliphatic carbocycles. The number of hydrogen-bond acceptors (Lipinski definition) is 5. The minimum absolute atomic E-state index is 0.0762. The molecular weight excluding hydrogens is 513 g/mol. The summed E-state index contributed by atoms with van der Waals surface area (Å²) in [5.74, 6) is -0.674.